The Labute approximate surface area is 223 Å². The van der Waals surface area contributed by atoms with Crippen molar-refractivity contribution < 1.29 is 41.3 Å². The van der Waals surface area contributed by atoms with Crippen molar-refractivity contribution in [3.8, 4) is 0 Å². The Morgan fingerprint density at radius 3 is 2.21 bits per heavy atom. The van der Waals surface area contributed by atoms with Crippen LogP contribution >= 0.6 is 0 Å². The van der Waals surface area contributed by atoms with Gasteiger partial charge in [0.15, 0.2) is 0 Å². The van der Waals surface area contributed by atoms with Gasteiger partial charge in [0.25, 0.3) is 0 Å². The highest BCUT2D eigenvalue weighted by atomic mass is 19.4. The largest absolute Gasteiger partial charge is 0.423 e. The number of alkyl halides is 3. The van der Waals surface area contributed by atoms with E-state index in [2.05, 4.69) is 5.32 Å². The van der Waals surface area contributed by atoms with Gasteiger partial charge >= 0.3 is 11.8 Å². The summed E-state index contributed by atoms with van der Waals surface area (Å²) in [6, 6.07) is 14.2. The van der Waals surface area contributed by atoms with Gasteiger partial charge in [-0.05, 0) is 17.2 Å². The van der Waals surface area contributed by atoms with Crippen LogP contribution in [0.5, 0.6) is 0 Å². The lowest BCUT2D eigenvalue weighted by atomic mass is 10.0. The molecule has 3 aromatic rings. The van der Waals surface area contributed by atoms with Crippen molar-refractivity contribution in [2.75, 3.05) is 66.0 Å². The van der Waals surface area contributed by atoms with Crippen molar-refractivity contribution >= 4 is 11.0 Å². The fourth-order valence-electron chi connectivity index (χ4n) is 4.20. The predicted octanol–water partition coefficient (Wildman–Crippen LogP) is 4.28. The van der Waals surface area contributed by atoms with Gasteiger partial charge in [-0.1, -0.05) is 42.5 Å². The Bertz CT molecular complexity index is 1200. The van der Waals surface area contributed by atoms with Crippen LogP contribution < -0.4 is 10.9 Å². The van der Waals surface area contributed by atoms with E-state index in [1.165, 1.54) is 12.1 Å². The summed E-state index contributed by atoms with van der Waals surface area (Å²) in [5.41, 5.74) is -0.592. The van der Waals surface area contributed by atoms with Crippen molar-refractivity contribution in [1.82, 2.24) is 5.32 Å². The first-order chi connectivity index (χ1) is 18.9. The molecule has 1 fully saturated rings. The molecular formula is C28H32F3NO7. The molecule has 212 valence electrons. The van der Waals surface area contributed by atoms with Crippen molar-refractivity contribution in [3.05, 3.63) is 81.7 Å². The minimum atomic E-state index is -4.68. The molecule has 1 saturated heterocycles. The highest BCUT2D eigenvalue weighted by Gasteiger charge is 2.34. The van der Waals surface area contributed by atoms with E-state index in [0.29, 0.717) is 71.0 Å². The van der Waals surface area contributed by atoms with Crippen molar-refractivity contribution in [1.29, 1.82) is 0 Å². The molecule has 4 rings (SSSR count). The fraction of sp³-hybridized carbons (Fsp3) is 0.464. The van der Waals surface area contributed by atoms with Gasteiger partial charge in [0.1, 0.15) is 11.7 Å². The first kappa shape index (κ1) is 29.2. The van der Waals surface area contributed by atoms with E-state index in [-0.39, 0.29) is 29.7 Å². The van der Waals surface area contributed by atoms with Crippen molar-refractivity contribution in [2.45, 2.75) is 18.3 Å². The number of nitrogens with one attached hydrogen (secondary N) is 1. The number of hydrogen-bond acceptors (Lipinski definition) is 8. The molecule has 8 nitrogen and oxygen atoms in total. The Kier molecular flexibility index (Phi) is 10.9. The van der Waals surface area contributed by atoms with E-state index in [0.717, 1.165) is 5.56 Å². The number of fused-ring (bicyclic) bond motifs is 1. The molecular weight excluding hydrogens is 519 g/mol. The molecule has 0 saturated carbocycles. The smallest absolute Gasteiger partial charge is 0.417 e. The van der Waals surface area contributed by atoms with E-state index in [4.69, 9.17) is 28.1 Å². The first-order valence-corrected chi connectivity index (χ1v) is 12.8. The summed E-state index contributed by atoms with van der Waals surface area (Å²) in [5, 5.41) is 3.12. The molecule has 2 heterocycles. The quantitative estimate of drug-likeness (QED) is 0.473. The summed E-state index contributed by atoms with van der Waals surface area (Å²) in [7, 11) is 0. The van der Waals surface area contributed by atoms with E-state index in [1.807, 2.05) is 30.3 Å². The molecule has 39 heavy (non-hydrogen) atoms. The van der Waals surface area contributed by atoms with Gasteiger partial charge in [-0.15, -0.1) is 0 Å². The van der Waals surface area contributed by atoms with Crippen molar-refractivity contribution in [2.24, 2.45) is 0 Å². The third-order valence-electron chi connectivity index (χ3n) is 6.13. The highest BCUT2D eigenvalue weighted by molar-refractivity contribution is 5.81. The van der Waals surface area contributed by atoms with Gasteiger partial charge in [-0.25, -0.2) is 4.79 Å². The van der Waals surface area contributed by atoms with Gasteiger partial charge in [-0.3, -0.25) is 0 Å². The molecule has 2 unspecified atom stereocenters. The Balaban J connectivity index is 1.39. The molecule has 0 amide bonds. The van der Waals surface area contributed by atoms with Crippen LogP contribution in [0.4, 0.5) is 13.2 Å². The zero-order chi connectivity index (χ0) is 27.5. The van der Waals surface area contributed by atoms with Crippen LogP contribution in [0.25, 0.3) is 11.0 Å². The monoisotopic (exact) mass is 551 g/mol. The van der Waals surface area contributed by atoms with Crippen molar-refractivity contribution in [3.63, 3.8) is 0 Å². The number of halogens is 3. The molecule has 0 radical (unpaired) electrons. The van der Waals surface area contributed by atoms with E-state index in [9.17, 15) is 18.0 Å². The van der Waals surface area contributed by atoms with Crippen LogP contribution in [-0.4, -0.2) is 66.0 Å². The third-order valence-corrected chi connectivity index (χ3v) is 6.13. The summed E-state index contributed by atoms with van der Waals surface area (Å²) in [4.78, 5) is 11.8. The lowest BCUT2D eigenvalue weighted by Gasteiger charge is -2.21. The van der Waals surface area contributed by atoms with Crippen LogP contribution in [0.2, 0.25) is 0 Å². The lowest BCUT2D eigenvalue weighted by Crippen LogP contribution is -2.30. The minimum Gasteiger partial charge on any atom is -0.423 e. The molecule has 1 aromatic heterocycles. The second kappa shape index (κ2) is 14.5. The van der Waals surface area contributed by atoms with E-state index >= 15 is 0 Å². The molecule has 1 N–H and O–H groups in total. The van der Waals surface area contributed by atoms with E-state index < -0.39 is 17.4 Å². The topological polar surface area (TPSA) is 88.4 Å². The Morgan fingerprint density at radius 1 is 0.744 bits per heavy atom. The maximum Gasteiger partial charge on any atom is 0.417 e. The van der Waals surface area contributed by atoms with Crippen LogP contribution in [0.3, 0.4) is 0 Å². The molecule has 2 aromatic carbocycles. The zero-order valence-electron chi connectivity index (χ0n) is 21.4. The molecule has 0 aliphatic carbocycles. The third kappa shape index (κ3) is 8.85. The number of ether oxygens (including phenoxy) is 5. The van der Waals surface area contributed by atoms with Gasteiger partial charge in [0.05, 0.1) is 71.1 Å². The highest BCUT2D eigenvalue weighted by Crippen LogP contribution is 2.34. The van der Waals surface area contributed by atoms with Gasteiger partial charge in [0.2, 0.25) is 0 Å². The summed E-state index contributed by atoms with van der Waals surface area (Å²) in [6.07, 6.45) is -4.89. The van der Waals surface area contributed by atoms with Gasteiger partial charge < -0.3 is 33.4 Å². The Morgan fingerprint density at radius 2 is 1.44 bits per heavy atom. The predicted molar refractivity (Wildman–Crippen MR) is 137 cm³/mol. The minimum absolute atomic E-state index is 0.140. The molecule has 11 heteroatoms. The summed E-state index contributed by atoms with van der Waals surface area (Å²) in [6.45, 7) is 3.60. The average molecular weight is 552 g/mol. The first-order valence-electron chi connectivity index (χ1n) is 12.8. The summed E-state index contributed by atoms with van der Waals surface area (Å²) in [5.74, 6) is 0. The van der Waals surface area contributed by atoms with Crippen LogP contribution in [0.15, 0.2) is 63.8 Å². The maximum absolute atomic E-state index is 13.4. The number of hydrogen-bond donors (Lipinski definition) is 1. The summed E-state index contributed by atoms with van der Waals surface area (Å²) < 4.78 is 74.2. The van der Waals surface area contributed by atoms with Crippen LogP contribution in [0, 0.1) is 0 Å². The zero-order valence-corrected chi connectivity index (χ0v) is 21.4. The second-order valence-corrected chi connectivity index (χ2v) is 8.88. The fourth-order valence-corrected chi connectivity index (χ4v) is 4.20. The molecule has 0 bridgehead atoms. The van der Waals surface area contributed by atoms with Gasteiger partial charge in [-0.2, -0.15) is 13.2 Å². The Hall–Kier alpha value is -2.80. The van der Waals surface area contributed by atoms with Crippen LogP contribution in [0.1, 0.15) is 28.8 Å². The number of benzene rings is 2. The lowest BCUT2D eigenvalue weighted by molar-refractivity contribution is -0.136. The second-order valence-electron chi connectivity index (χ2n) is 8.88. The summed E-state index contributed by atoms with van der Waals surface area (Å²) >= 11 is 0. The maximum atomic E-state index is 13.4. The normalized spacial score (nSPS) is 21.7. The molecule has 1 aliphatic heterocycles. The standard InChI is InChI=1S/C28H32F3NO7/c29-28(30,31)23-17-27(33)39-25-16-21(6-7-22(23)25)24-18-36-12-11-35-14-15-38-26(20-4-2-1-3-5-20)19-37-13-10-34-9-8-32-24/h1-7,16-17,24,26,32H,8-15,18-19H2. The number of rotatable bonds is 2. The molecule has 0 spiro atoms. The van der Waals surface area contributed by atoms with E-state index in [1.54, 1.807) is 6.07 Å². The molecule has 2 atom stereocenters. The van der Waals surface area contributed by atoms with Gasteiger partial charge in [0, 0.05) is 18.0 Å². The molecule has 1 aliphatic rings. The van der Waals surface area contributed by atoms with Crippen LogP contribution in [-0.2, 0) is 29.9 Å². The average Bonchev–Trinajstić information content (AvgIpc) is 2.92. The SMILES string of the molecule is O=c1cc(C(F)(F)F)c2ccc(C3COCCOCCOC(c4ccccc4)COCCOCCN3)cc2o1.